The number of hydrogen-bond acceptors (Lipinski definition) is 5. The third kappa shape index (κ3) is 4.11. The smallest absolute Gasteiger partial charge is 0.232 e. The van der Waals surface area contributed by atoms with Crippen LogP contribution in [0.3, 0.4) is 0 Å². The molecule has 0 N–H and O–H groups in total. The number of piperidine rings is 1. The zero-order valence-corrected chi connectivity index (χ0v) is 16.1. The molecule has 0 radical (unpaired) electrons. The van der Waals surface area contributed by atoms with Crippen LogP contribution >= 0.6 is 11.8 Å². The molecule has 4 rings (SSSR count). The van der Waals surface area contributed by atoms with Gasteiger partial charge in [0, 0.05) is 18.0 Å². The van der Waals surface area contributed by atoms with Crippen LogP contribution in [-0.4, -0.2) is 41.7 Å². The SMILES string of the molecule is COc1ccc(SCC(=O)N2CCCC(c3nc4ccccc4o3)C2)cc1. The van der Waals surface area contributed by atoms with Gasteiger partial charge in [0.25, 0.3) is 0 Å². The van der Waals surface area contributed by atoms with Crippen LogP contribution in [0.2, 0.25) is 0 Å². The summed E-state index contributed by atoms with van der Waals surface area (Å²) in [5.74, 6) is 2.34. The minimum Gasteiger partial charge on any atom is -0.497 e. The number of ether oxygens (including phenoxy) is 1. The van der Waals surface area contributed by atoms with Gasteiger partial charge in [0.1, 0.15) is 11.3 Å². The Bertz CT molecular complexity index is 890. The molecule has 5 nitrogen and oxygen atoms in total. The zero-order chi connectivity index (χ0) is 18.6. The molecular weight excluding hydrogens is 360 g/mol. The van der Waals surface area contributed by atoms with Crippen molar-refractivity contribution in [2.75, 3.05) is 26.0 Å². The summed E-state index contributed by atoms with van der Waals surface area (Å²) in [6, 6.07) is 15.6. The first kappa shape index (κ1) is 17.9. The monoisotopic (exact) mass is 382 g/mol. The highest BCUT2D eigenvalue weighted by atomic mass is 32.2. The summed E-state index contributed by atoms with van der Waals surface area (Å²) >= 11 is 1.56. The number of methoxy groups -OCH3 is 1. The predicted octanol–water partition coefficient (Wildman–Crippen LogP) is 4.33. The molecule has 0 saturated carbocycles. The molecule has 1 amide bonds. The second-order valence-corrected chi connectivity index (χ2v) is 7.71. The molecule has 2 aromatic carbocycles. The van der Waals surface area contributed by atoms with E-state index < -0.39 is 0 Å². The Kier molecular flexibility index (Phi) is 5.34. The lowest BCUT2D eigenvalue weighted by atomic mass is 9.98. The Balaban J connectivity index is 1.37. The second kappa shape index (κ2) is 8.05. The molecule has 27 heavy (non-hydrogen) atoms. The average Bonchev–Trinajstić information content (AvgIpc) is 3.17. The molecule has 1 aliphatic heterocycles. The molecule has 140 valence electrons. The lowest BCUT2D eigenvalue weighted by Crippen LogP contribution is -2.40. The standard InChI is InChI=1S/C21H22N2O3S/c1-25-16-8-10-17(11-9-16)27-14-20(24)23-12-4-5-15(13-23)21-22-18-6-2-3-7-19(18)26-21/h2-3,6-11,15H,4-5,12-14H2,1H3. The zero-order valence-electron chi connectivity index (χ0n) is 15.3. The highest BCUT2D eigenvalue weighted by Gasteiger charge is 2.28. The first-order valence-electron chi connectivity index (χ1n) is 9.13. The summed E-state index contributed by atoms with van der Waals surface area (Å²) in [6.07, 6.45) is 1.98. The summed E-state index contributed by atoms with van der Waals surface area (Å²) in [6.45, 7) is 1.48. The van der Waals surface area contributed by atoms with Crippen LogP contribution < -0.4 is 4.74 Å². The Morgan fingerprint density at radius 1 is 1.26 bits per heavy atom. The molecule has 3 aromatic rings. The van der Waals surface area contributed by atoms with Gasteiger partial charge in [0.05, 0.1) is 18.8 Å². The van der Waals surface area contributed by atoms with Gasteiger partial charge in [-0.3, -0.25) is 4.79 Å². The summed E-state index contributed by atoms with van der Waals surface area (Å²) < 4.78 is 11.1. The lowest BCUT2D eigenvalue weighted by Gasteiger charge is -2.31. The van der Waals surface area contributed by atoms with Crippen LogP contribution in [-0.2, 0) is 4.79 Å². The molecule has 1 unspecified atom stereocenters. The Labute approximate surface area is 162 Å². The molecular formula is C21H22N2O3S. The van der Waals surface area contributed by atoms with Gasteiger partial charge >= 0.3 is 0 Å². The van der Waals surface area contributed by atoms with Crippen molar-refractivity contribution < 1.29 is 13.9 Å². The highest BCUT2D eigenvalue weighted by molar-refractivity contribution is 8.00. The summed E-state index contributed by atoms with van der Waals surface area (Å²) in [5, 5.41) is 0. The van der Waals surface area contributed by atoms with Crippen LogP contribution in [0.5, 0.6) is 5.75 Å². The van der Waals surface area contributed by atoms with Crippen molar-refractivity contribution in [1.29, 1.82) is 0 Å². The number of thioether (sulfide) groups is 1. The molecule has 1 aromatic heterocycles. The number of amides is 1. The first-order valence-corrected chi connectivity index (χ1v) is 10.1. The maximum atomic E-state index is 12.7. The number of benzene rings is 2. The fraction of sp³-hybridized carbons (Fsp3) is 0.333. The van der Waals surface area contributed by atoms with Gasteiger partial charge in [0.15, 0.2) is 11.5 Å². The third-order valence-corrected chi connectivity index (χ3v) is 5.85. The van der Waals surface area contributed by atoms with E-state index in [0.717, 1.165) is 47.0 Å². The van der Waals surface area contributed by atoms with Crippen molar-refractivity contribution in [1.82, 2.24) is 9.88 Å². The summed E-state index contributed by atoms with van der Waals surface area (Å²) in [5.41, 5.74) is 1.69. The maximum Gasteiger partial charge on any atom is 0.232 e. The first-order chi connectivity index (χ1) is 13.2. The van der Waals surface area contributed by atoms with Crippen LogP contribution in [0.15, 0.2) is 57.8 Å². The topological polar surface area (TPSA) is 55.6 Å². The average molecular weight is 382 g/mol. The number of para-hydroxylation sites is 2. The van der Waals surface area contributed by atoms with Gasteiger partial charge in [-0.1, -0.05) is 12.1 Å². The molecule has 1 aliphatic rings. The predicted molar refractivity (Wildman–Crippen MR) is 106 cm³/mol. The largest absolute Gasteiger partial charge is 0.497 e. The number of likely N-dealkylation sites (tertiary alicyclic amines) is 1. The fourth-order valence-electron chi connectivity index (χ4n) is 3.38. The van der Waals surface area contributed by atoms with E-state index in [1.54, 1.807) is 18.9 Å². The Morgan fingerprint density at radius 3 is 2.85 bits per heavy atom. The number of rotatable bonds is 5. The van der Waals surface area contributed by atoms with Gasteiger partial charge in [-0.2, -0.15) is 0 Å². The highest BCUT2D eigenvalue weighted by Crippen LogP contribution is 2.30. The van der Waals surface area contributed by atoms with Crippen molar-refractivity contribution in [3.63, 3.8) is 0 Å². The molecule has 6 heteroatoms. The van der Waals surface area contributed by atoms with Gasteiger partial charge in [-0.15, -0.1) is 11.8 Å². The Morgan fingerprint density at radius 2 is 2.07 bits per heavy atom. The molecule has 1 fully saturated rings. The van der Waals surface area contributed by atoms with E-state index in [4.69, 9.17) is 9.15 Å². The summed E-state index contributed by atoms with van der Waals surface area (Å²) in [7, 11) is 1.65. The van der Waals surface area contributed by atoms with Gasteiger partial charge in [0.2, 0.25) is 5.91 Å². The lowest BCUT2D eigenvalue weighted by molar-refractivity contribution is -0.129. The number of nitrogens with zero attached hydrogens (tertiary/aromatic N) is 2. The number of carbonyl (C=O) groups is 1. The Hall–Kier alpha value is -2.47. The van der Waals surface area contributed by atoms with Crippen LogP contribution in [0, 0.1) is 0 Å². The number of aromatic nitrogens is 1. The normalized spacial score (nSPS) is 17.2. The van der Waals surface area contributed by atoms with E-state index in [0.29, 0.717) is 12.3 Å². The van der Waals surface area contributed by atoms with Crippen LogP contribution in [0.25, 0.3) is 11.1 Å². The minimum absolute atomic E-state index is 0.164. The molecule has 1 saturated heterocycles. The van der Waals surface area contributed by atoms with Gasteiger partial charge in [-0.25, -0.2) is 4.98 Å². The van der Waals surface area contributed by atoms with Gasteiger partial charge < -0.3 is 14.1 Å². The number of fused-ring (bicyclic) bond motifs is 1. The van der Waals surface area contributed by atoms with E-state index in [-0.39, 0.29) is 11.8 Å². The van der Waals surface area contributed by atoms with Crippen molar-refractivity contribution in [3.8, 4) is 5.75 Å². The molecule has 2 heterocycles. The second-order valence-electron chi connectivity index (χ2n) is 6.66. The number of hydrogen-bond donors (Lipinski definition) is 0. The van der Waals surface area contributed by atoms with Crippen molar-refractivity contribution >= 4 is 28.8 Å². The van der Waals surface area contributed by atoms with Gasteiger partial charge in [-0.05, 0) is 49.2 Å². The minimum atomic E-state index is 0.164. The molecule has 0 bridgehead atoms. The quantitative estimate of drug-likeness (QED) is 0.615. The maximum absolute atomic E-state index is 12.7. The summed E-state index contributed by atoms with van der Waals surface area (Å²) in [4.78, 5) is 20.3. The molecule has 1 atom stereocenters. The van der Waals surface area contributed by atoms with Crippen molar-refractivity contribution in [2.45, 2.75) is 23.7 Å². The van der Waals surface area contributed by atoms with Crippen LogP contribution in [0.4, 0.5) is 0 Å². The van der Waals surface area contributed by atoms with Crippen LogP contribution in [0.1, 0.15) is 24.7 Å². The molecule has 0 aliphatic carbocycles. The molecule has 0 spiro atoms. The fourth-order valence-corrected chi connectivity index (χ4v) is 4.18. The van der Waals surface area contributed by atoms with E-state index >= 15 is 0 Å². The third-order valence-electron chi connectivity index (χ3n) is 4.86. The number of oxazole rings is 1. The van der Waals surface area contributed by atoms with Crippen molar-refractivity contribution in [3.05, 3.63) is 54.4 Å². The van der Waals surface area contributed by atoms with E-state index in [1.807, 2.05) is 53.4 Å². The van der Waals surface area contributed by atoms with E-state index in [2.05, 4.69) is 4.98 Å². The van der Waals surface area contributed by atoms with E-state index in [1.165, 1.54) is 0 Å². The van der Waals surface area contributed by atoms with E-state index in [9.17, 15) is 4.79 Å². The van der Waals surface area contributed by atoms with Crippen molar-refractivity contribution in [2.24, 2.45) is 0 Å². The number of carbonyl (C=O) groups excluding carboxylic acids is 1.